The van der Waals surface area contributed by atoms with Gasteiger partial charge in [0.05, 0.1) is 16.4 Å². The summed E-state index contributed by atoms with van der Waals surface area (Å²) in [4.78, 5) is 20.8. The summed E-state index contributed by atoms with van der Waals surface area (Å²) >= 11 is 0. The minimum atomic E-state index is -0.104. The molecule has 1 unspecified atom stereocenters. The molecule has 56 heavy (non-hydrogen) atoms. The van der Waals surface area contributed by atoms with E-state index in [0.29, 0.717) is 0 Å². The second kappa shape index (κ2) is 10.4. The maximum absolute atomic E-state index is 15.4. The minimum absolute atomic E-state index is 0.00802. The average molecular weight is 729 g/mol. The number of benzene rings is 7. The van der Waals surface area contributed by atoms with Crippen molar-refractivity contribution in [3.63, 3.8) is 0 Å². The molecule has 3 heteroatoms. The summed E-state index contributed by atoms with van der Waals surface area (Å²) in [5, 5.41) is 14.1. The van der Waals surface area contributed by atoms with E-state index in [0.717, 1.165) is 44.6 Å². The fourth-order valence-electron chi connectivity index (χ4n) is 10.6. The highest BCUT2D eigenvalue weighted by molar-refractivity contribution is 6.50. The van der Waals surface area contributed by atoms with E-state index in [1.807, 2.05) is 4.40 Å². The molecule has 0 fully saturated rings. The van der Waals surface area contributed by atoms with Crippen LogP contribution in [0.2, 0.25) is 0 Å². The number of nitrogens with zero attached hydrogens (tertiary/aromatic N) is 2. The SMILES string of the molecule is CC(C)(C)c1ccc2c(c1)nc1c3c4cc(C5=CC=CCC5(C)C(C)(C)C)c5ccc6ccc7c(-c8ccccc8C(C)(C)C)cc(c3c(=O)n21)c1c7c6c5c41. The molecule has 2 heterocycles. The Labute approximate surface area is 327 Å². The highest BCUT2D eigenvalue weighted by atomic mass is 16.1. The lowest BCUT2D eigenvalue weighted by Crippen LogP contribution is -2.34. The third-order valence-electron chi connectivity index (χ3n) is 14.1. The summed E-state index contributed by atoms with van der Waals surface area (Å²) in [6, 6.07) is 29.5. The molecular weight excluding hydrogens is 681 g/mol. The van der Waals surface area contributed by atoms with Crippen molar-refractivity contribution < 1.29 is 0 Å². The quantitative estimate of drug-likeness (QED) is 0.166. The lowest BCUT2D eigenvalue weighted by atomic mass is 9.59. The van der Waals surface area contributed by atoms with E-state index >= 15 is 4.79 Å². The van der Waals surface area contributed by atoms with Gasteiger partial charge in [-0.15, -0.1) is 0 Å². The minimum Gasteiger partial charge on any atom is -0.268 e. The first-order valence-electron chi connectivity index (χ1n) is 20.3. The molecule has 0 aliphatic heterocycles. The first-order chi connectivity index (χ1) is 26.5. The van der Waals surface area contributed by atoms with Crippen molar-refractivity contribution in [2.75, 3.05) is 0 Å². The Morgan fingerprint density at radius 1 is 0.625 bits per heavy atom. The van der Waals surface area contributed by atoms with Gasteiger partial charge >= 0.3 is 0 Å². The van der Waals surface area contributed by atoms with Gasteiger partial charge in [-0.3, -0.25) is 9.20 Å². The Hall–Kier alpha value is -5.54. The second-order valence-corrected chi connectivity index (χ2v) is 20.1. The summed E-state index contributed by atoms with van der Waals surface area (Å²) in [6.45, 7) is 23.1. The van der Waals surface area contributed by atoms with E-state index in [9.17, 15) is 0 Å². The van der Waals surface area contributed by atoms with Crippen LogP contribution in [0.1, 0.15) is 92.3 Å². The molecule has 0 bridgehead atoms. The number of allylic oxidation sites excluding steroid dienone is 4. The van der Waals surface area contributed by atoms with Crippen LogP contribution >= 0.6 is 0 Å². The maximum atomic E-state index is 15.4. The molecule has 1 atom stereocenters. The molecule has 1 aliphatic carbocycles. The van der Waals surface area contributed by atoms with Crippen molar-refractivity contribution in [3.8, 4) is 11.1 Å². The number of imidazole rings is 1. The predicted molar refractivity (Wildman–Crippen MR) is 241 cm³/mol. The van der Waals surface area contributed by atoms with Gasteiger partial charge in [-0.2, -0.15) is 0 Å². The van der Waals surface area contributed by atoms with Crippen LogP contribution < -0.4 is 5.56 Å². The third kappa shape index (κ3) is 4.09. The fourth-order valence-corrected chi connectivity index (χ4v) is 10.6. The smallest absolute Gasteiger partial charge is 0.265 e. The molecule has 0 saturated heterocycles. The lowest BCUT2D eigenvalue weighted by molar-refractivity contribution is 0.183. The number of hydrogen-bond donors (Lipinski definition) is 0. The molecule has 8 aromatic carbocycles. The molecule has 10 aromatic rings. The summed E-state index contributed by atoms with van der Waals surface area (Å²) in [6.07, 6.45) is 7.91. The van der Waals surface area contributed by atoms with Crippen LogP contribution in [0.5, 0.6) is 0 Å². The topological polar surface area (TPSA) is 34.4 Å². The summed E-state index contributed by atoms with van der Waals surface area (Å²) in [7, 11) is 0. The van der Waals surface area contributed by atoms with Gasteiger partial charge in [0.15, 0.2) is 0 Å². The summed E-state index contributed by atoms with van der Waals surface area (Å²) in [5.74, 6) is 0. The van der Waals surface area contributed by atoms with Gasteiger partial charge in [-0.1, -0.05) is 142 Å². The van der Waals surface area contributed by atoms with Gasteiger partial charge in [0.2, 0.25) is 0 Å². The van der Waals surface area contributed by atoms with Crippen molar-refractivity contribution in [1.82, 2.24) is 9.38 Å². The molecule has 276 valence electrons. The zero-order valence-electron chi connectivity index (χ0n) is 34.2. The Bertz CT molecular complexity index is 3410. The Balaban J connectivity index is 1.41. The molecule has 2 aromatic heterocycles. The number of rotatable bonds is 2. The van der Waals surface area contributed by atoms with Crippen LogP contribution in [0.15, 0.2) is 102 Å². The standard InChI is InChI=1S/C53H48N2O/c1-50(2,3)29-20-23-40-39(25-29)54-48-46-35-27-34(38-17-13-14-24-53(38,10)52(7,8)9)32-22-19-28-18-21-31-33(30-15-11-12-16-37(30)51(4,5)6)26-36(47(46)49(56)55(40)48)45-42(31)41(28)43(32)44(35)45/h11-23,25-27H,24H2,1-10H3. The molecule has 0 spiro atoms. The lowest BCUT2D eigenvalue weighted by Gasteiger charge is -2.45. The zero-order valence-corrected chi connectivity index (χ0v) is 34.2. The van der Waals surface area contributed by atoms with Gasteiger partial charge < -0.3 is 0 Å². The van der Waals surface area contributed by atoms with Crippen LogP contribution in [0.4, 0.5) is 0 Å². The average Bonchev–Trinajstić information content (AvgIpc) is 3.80. The van der Waals surface area contributed by atoms with E-state index in [2.05, 4.69) is 166 Å². The van der Waals surface area contributed by atoms with Gasteiger partial charge in [0.25, 0.3) is 5.56 Å². The molecule has 11 rings (SSSR count). The van der Waals surface area contributed by atoms with Gasteiger partial charge in [0, 0.05) is 10.8 Å². The van der Waals surface area contributed by atoms with Crippen LogP contribution in [0.3, 0.4) is 0 Å². The summed E-state index contributed by atoms with van der Waals surface area (Å²) in [5.41, 5.74) is 9.85. The molecule has 0 saturated carbocycles. The second-order valence-electron chi connectivity index (χ2n) is 20.1. The molecule has 1 aliphatic rings. The van der Waals surface area contributed by atoms with Crippen molar-refractivity contribution in [2.24, 2.45) is 10.8 Å². The Kier molecular flexibility index (Phi) is 6.30. The Morgan fingerprint density at radius 3 is 1.95 bits per heavy atom. The zero-order chi connectivity index (χ0) is 39.0. The van der Waals surface area contributed by atoms with Crippen LogP contribution in [0, 0.1) is 10.8 Å². The molecule has 0 N–H and O–H groups in total. The predicted octanol–water partition coefficient (Wildman–Crippen LogP) is 14.2. The molecule has 0 radical (unpaired) electrons. The van der Waals surface area contributed by atoms with E-state index < -0.39 is 0 Å². The molecule has 3 nitrogen and oxygen atoms in total. The normalized spacial score (nSPS) is 17.6. The molecular formula is C53H48N2O. The Morgan fingerprint density at radius 2 is 1.27 bits per heavy atom. The van der Waals surface area contributed by atoms with Crippen LogP contribution in [-0.4, -0.2) is 9.38 Å². The third-order valence-corrected chi connectivity index (χ3v) is 14.1. The first-order valence-corrected chi connectivity index (χ1v) is 20.3. The summed E-state index contributed by atoms with van der Waals surface area (Å²) < 4.78 is 1.91. The van der Waals surface area contributed by atoms with E-state index in [-0.39, 0.29) is 27.2 Å². The number of hydrogen-bond acceptors (Lipinski definition) is 2. The maximum Gasteiger partial charge on any atom is 0.265 e. The van der Waals surface area contributed by atoms with Crippen molar-refractivity contribution in [1.29, 1.82) is 0 Å². The number of aromatic nitrogens is 2. The van der Waals surface area contributed by atoms with Crippen molar-refractivity contribution in [3.05, 3.63) is 124 Å². The number of fused-ring (bicyclic) bond motifs is 7. The van der Waals surface area contributed by atoms with E-state index in [1.165, 1.54) is 76.5 Å². The van der Waals surface area contributed by atoms with Gasteiger partial charge in [-0.05, 0) is 134 Å². The fraction of sp³-hybridized carbons (Fsp3) is 0.283. The van der Waals surface area contributed by atoms with Crippen LogP contribution in [-0.2, 0) is 10.8 Å². The highest BCUT2D eigenvalue weighted by Gasteiger charge is 2.42. The van der Waals surface area contributed by atoms with E-state index in [1.54, 1.807) is 0 Å². The monoisotopic (exact) mass is 728 g/mol. The van der Waals surface area contributed by atoms with E-state index in [4.69, 9.17) is 4.98 Å². The van der Waals surface area contributed by atoms with Crippen molar-refractivity contribution >= 4 is 86.9 Å². The van der Waals surface area contributed by atoms with Gasteiger partial charge in [0.1, 0.15) is 5.65 Å². The van der Waals surface area contributed by atoms with Gasteiger partial charge in [-0.25, -0.2) is 4.98 Å². The molecule has 0 amide bonds. The van der Waals surface area contributed by atoms with Crippen LogP contribution in [0.25, 0.3) is 98.0 Å². The first kappa shape index (κ1) is 33.8. The van der Waals surface area contributed by atoms with Crippen molar-refractivity contribution in [2.45, 2.75) is 86.5 Å². The largest absolute Gasteiger partial charge is 0.268 e. The highest BCUT2D eigenvalue weighted by Crippen LogP contribution is 2.58.